The molecule has 9 heteroatoms. The molecule has 18 heavy (non-hydrogen) atoms. The van der Waals surface area contributed by atoms with Crippen molar-refractivity contribution in [1.82, 2.24) is 14.3 Å². The number of sulfonamides is 1. The lowest BCUT2D eigenvalue weighted by Crippen LogP contribution is -2.34. The Bertz CT molecular complexity index is 456. The van der Waals surface area contributed by atoms with Gasteiger partial charge in [0.1, 0.15) is 4.90 Å². The second kappa shape index (κ2) is 6.59. The molecule has 0 aromatic carbocycles. The number of nitrogens with one attached hydrogen (secondary N) is 1. The summed E-state index contributed by atoms with van der Waals surface area (Å²) < 4.78 is 25.6. The molecule has 0 aliphatic heterocycles. The van der Waals surface area contributed by atoms with Crippen LogP contribution >= 0.6 is 0 Å². The topological polar surface area (TPSA) is 121 Å². The molecule has 1 aromatic rings. The van der Waals surface area contributed by atoms with Gasteiger partial charge in [0.05, 0.1) is 19.0 Å². The monoisotopic (exact) mass is 275 g/mol. The lowest BCUT2D eigenvalue weighted by molar-refractivity contribution is 0.253. The predicted octanol–water partition coefficient (Wildman–Crippen LogP) is -0.845. The van der Waals surface area contributed by atoms with Gasteiger partial charge in [0.25, 0.3) is 0 Å². The lowest BCUT2D eigenvalue weighted by atomic mass is 10.5. The highest BCUT2D eigenvalue weighted by Gasteiger charge is 2.24. The van der Waals surface area contributed by atoms with Crippen LogP contribution in [0.2, 0.25) is 0 Å². The largest absolute Gasteiger partial charge is 0.395 e. The molecule has 0 spiro atoms. The third-order valence-corrected chi connectivity index (χ3v) is 4.07. The minimum Gasteiger partial charge on any atom is -0.395 e. The van der Waals surface area contributed by atoms with Gasteiger partial charge < -0.3 is 5.11 Å². The smallest absolute Gasteiger partial charge is 0.246 e. The molecule has 0 aliphatic carbocycles. The van der Waals surface area contributed by atoms with Crippen LogP contribution in [0, 0.1) is 0 Å². The Labute approximate surface area is 106 Å². The van der Waals surface area contributed by atoms with Crippen LogP contribution in [0.1, 0.15) is 13.3 Å². The molecule has 0 atom stereocenters. The van der Waals surface area contributed by atoms with Gasteiger partial charge >= 0.3 is 0 Å². The highest BCUT2D eigenvalue weighted by molar-refractivity contribution is 7.89. The zero-order chi connectivity index (χ0) is 13.6. The van der Waals surface area contributed by atoms with Crippen molar-refractivity contribution in [2.45, 2.75) is 18.2 Å². The first-order valence-electron chi connectivity index (χ1n) is 5.46. The van der Waals surface area contributed by atoms with E-state index in [0.717, 1.165) is 0 Å². The van der Waals surface area contributed by atoms with Gasteiger partial charge in [-0.2, -0.15) is 4.31 Å². The van der Waals surface area contributed by atoms with Crippen molar-refractivity contribution < 1.29 is 13.5 Å². The van der Waals surface area contributed by atoms with Crippen LogP contribution < -0.4 is 11.3 Å². The number of hydrazine groups is 1. The second-order valence-electron chi connectivity index (χ2n) is 3.51. The number of nitrogen functional groups attached to an aromatic ring is 1. The van der Waals surface area contributed by atoms with Crippen molar-refractivity contribution >= 4 is 16.0 Å². The number of aromatic nitrogens is 2. The molecule has 0 saturated heterocycles. The summed E-state index contributed by atoms with van der Waals surface area (Å²) in [6.45, 7) is 2.01. The number of aliphatic hydroxyl groups is 1. The van der Waals surface area contributed by atoms with Crippen molar-refractivity contribution in [1.29, 1.82) is 0 Å². The van der Waals surface area contributed by atoms with Gasteiger partial charge in [0.2, 0.25) is 16.0 Å². The average molecular weight is 275 g/mol. The molecule has 0 saturated carbocycles. The number of hydrogen-bond donors (Lipinski definition) is 3. The van der Waals surface area contributed by atoms with Gasteiger partial charge in [-0.3, -0.25) is 5.43 Å². The Hall–Kier alpha value is -1.29. The van der Waals surface area contributed by atoms with E-state index < -0.39 is 10.0 Å². The van der Waals surface area contributed by atoms with Crippen LogP contribution in [0.4, 0.5) is 5.95 Å². The molecule has 0 radical (unpaired) electrons. The maximum atomic E-state index is 12.2. The van der Waals surface area contributed by atoms with Gasteiger partial charge in [0.15, 0.2) is 0 Å². The van der Waals surface area contributed by atoms with Crippen LogP contribution in [-0.2, 0) is 10.0 Å². The van der Waals surface area contributed by atoms with E-state index in [2.05, 4.69) is 15.4 Å². The molecule has 0 aliphatic rings. The summed E-state index contributed by atoms with van der Waals surface area (Å²) in [7, 11) is -3.67. The molecular formula is C9H17N5O3S. The van der Waals surface area contributed by atoms with E-state index in [9.17, 15) is 8.42 Å². The molecule has 4 N–H and O–H groups in total. The molecule has 102 valence electrons. The third-order valence-electron chi connectivity index (χ3n) is 2.22. The maximum absolute atomic E-state index is 12.2. The first-order valence-corrected chi connectivity index (χ1v) is 6.90. The van der Waals surface area contributed by atoms with Crippen LogP contribution in [0.5, 0.6) is 0 Å². The van der Waals surface area contributed by atoms with Crippen LogP contribution in [0.3, 0.4) is 0 Å². The number of hydrogen-bond acceptors (Lipinski definition) is 7. The molecular weight excluding hydrogens is 258 g/mol. The van der Waals surface area contributed by atoms with E-state index in [4.69, 9.17) is 10.9 Å². The Kier molecular flexibility index (Phi) is 5.41. The Morgan fingerprint density at radius 2 is 2.00 bits per heavy atom. The van der Waals surface area contributed by atoms with Gasteiger partial charge in [-0.05, 0) is 6.42 Å². The zero-order valence-corrected chi connectivity index (χ0v) is 10.9. The molecule has 1 heterocycles. The molecule has 0 bridgehead atoms. The summed E-state index contributed by atoms with van der Waals surface area (Å²) in [5.74, 6) is 5.23. The third kappa shape index (κ3) is 3.35. The van der Waals surface area contributed by atoms with E-state index in [1.807, 2.05) is 6.92 Å². The fraction of sp³-hybridized carbons (Fsp3) is 0.556. The molecule has 8 nitrogen and oxygen atoms in total. The summed E-state index contributed by atoms with van der Waals surface area (Å²) >= 11 is 0. The SMILES string of the molecule is CCCN(CCO)S(=O)(=O)c1cnc(NN)nc1. The zero-order valence-electron chi connectivity index (χ0n) is 10.1. The minimum atomic E-state index is -3.67. The van der Waals surface area contributed by atoms with Gasteiger partial charge in [-0.15, -0.1) is 0 Å². The molecule has 1 rings (SSSR count). The standard InChI is InChI=1S/C9H17N5O3S/c1-2-3-14(4-5-15)18(16,17)8-6-11-9(13-10)12-7-8/h6-7,15H,2-5,10H2,1H3,(H,11,12,13). The van der Waals surface area contributed by atoms with E-state index in [0.29, 0.717) is 13.0 Å². The molecule has 0 unspecified atom stereocenters. The fourth-order valence-corrected chi connectivity index (χ4v) is 2.80. The van der Waals surface area contributed by atoms with E-state index >= 15 is 0 Å². The Morgan fingerprint density at radius 1 is 1.39 bits per heavy atom. The van der Waals surface area contributed by atoms with E-state index in [1.54, 1.807) is 0 Å². The van der Waals surface area contributed by atoms with Crippen molar-refractivity contribution in [3.8, 4) is 0 Å². The number of anilines is 1. The number of rotatable bonds is 7. The first-order chi connectivity index (χ1) is 8.56. The van der Waals surface area contributed by atoms with Crippen molar-refractivity contribution in [3.63, 3.8) is 0 Å². The molecule has 1 aromatic heterocycles. The lowest BCUT2D eigenvalue weighted by Gasteiger charge is -2.20. The summed E-state index contributed by atoms with van der Waals surface area (Å²) in [6, 6.07) is 0. The van der Waals surface area contributed by atoms with Gasteiger partial charge in [-0.25, -0.2) is 24.2 Å². The average Bonchev–Trinajstić information content (AvgIpc) is 2.38. The highest BCUT2D eigenvalue weighted by atomic mass is 32.2. The number of nitrogens with zero attached hydrogens (tertiary/aromatic N) is 3. The van der Waals surface area contributed by atoms with Crippen molar-refractivity contribution in [2.24, 2.45) is 5.84 Å². The normalized spacial score (nSPS) is 11.8. The minimum absolute atomic E-state index is 0.0246. The molecule has 0 fully saturated rings. The predicted molar refractivity (Wildman–Crippen MR) is 66.0 cm³/mol. The fourth-order valence-electron chi connectivity index (χ4n) is 1.39. The van der Waals surface area contributed by atoms with Gasteiger partial charge in [0, 0.05) is 13.1 Å². The first kappa shape index (κ1) is 14.8. The van der Waals surface area contributed by atoms with E-state index in [1.165, 1.54) is 16.7 Å². The summed E-state index contributed by atoms with van der Waals surface area (Å²) in [5, 5.41) is 8.89. The van der Waals surface area contributed by atoms with Crippen LogP contribution in [0.25, 0.3) is 0 Å². The van der Waals surface area contributed by atoms with Crippen molar-refractivity contribution in [3.05, 3.63) is 12.4 Å². The maximum Gasteiger partial charge on any atom is 0.246 e. The summed E-state index contributed by atoms with van der Waals surface area (Å²) in [5.41, 5.74) is 2.21. The van der Waals surface area contributed by atoms with E-state index in [-0.39, 0.29) is 24.0 Å². The number of aliphatic hydroxyl groups excluding tert-OH is 1. The molecule has 0 amide bonds. The van der Waals surface area contributed by atoms with Gasteiger partial charge in [-0.1, -0.05) is 6.92 Å². The Morgan fingerprint density at radius 3 is 2.44 bits per heavy atom. The van der Waals surface area contributed by atoms with Crippen LogP contribution in [-0.4, -0.2) is 47.5 Å². The Balaban J connectivity index is 3.01. The highest BCUT2D eigenvalue weighted by Crippen LogP contribution is 2.14. The second-order valence-corrected chi connectivity index (χ2v) is 5.45. The van der Waals surface area contributed by atoms with Crippen molar-refractivity contribution in [2.75, 3.05) is 25.1 Å². The summed E-state index contributed by atoms with van der Waals surface area (Å²) in [6.07, 6.45) is 3.01. The quantitative estimate of drug-likeness (QED) is 0.438. The number of nitrogens with two attached hydrogens (primary N) is 1. The summed E-state index contributed by atoms with van der Waals surface area (Å²) in [4.78, 5) is 7.48. The van der Waals surface area contributed by atoms with Crippen LogP contribution in [0.15, 0.2) is 17.3 Å².